The standard InChI is InChI=1S/C18H15FN4O/c1-12-2-6-14(7-3-12)16-10-17(22-21-16)18(24)23-20-11-13-4-8-15(19)9-5-13/h2-11H,1H3,(H,21,22)(H,23,24)/b20-11-. The summed E-state index contributed by atoms with van der Waals surface area (Å²) in [5.74, 6) is -0.725. The Labute approximate surface area is 138 Å². The molecule has 120 valence electrons. The zero-order chi connectivity index (χ0) is 16.9. The van der Waals surface area contributed by atoms with Gasteiger partial charge in [-0.25, -0.2) is 9.82 Å². The molecular formula is C18H15FN4O. The van der Waals surface area contributed by atoms with Gasteiger partial charge in [-0.2, -0.15) is 10.2 Å². The van der Waals surface area contributed by atoms with E-state index in [1.165, 1.54) is 18.3 Å². The van der Waals surface area contributed by atoms with Crippen molar-refractivity contribution in [3.63, 3.8) is 0 Å². The quantitative estimate of drug-likeness (QED) is 0.571. The van der Waals surface area contributed by atoms with E-state index in [1.807, 2.05) is 31.2 Å². The van der Waals surface area contributed by atoms with Gasteiger partial charge in [0, 0.05) is 5.56 Å². The second kappa shape index (κ2) is 6.87. The van der Waals surface area contributed by atoms with E-state index < -0.39 is 5.91 Å². The Morgan fingerprint density at radius 3 is 2.58 bits per heavy atom. The molecular weight excluding hydrogens is 307 g/mol. The van der Waals surface area contributed by atoms with Crippen LogP contribution in [0.2, 0.25) is 0 Å². The van der Waals surface area contributed by atoms with E-state index in [0.717, 1.165) is 11.1 Å². The van der Waals surface area contributed by atoms with E-state index in [9.17, 15) is 9.18 Å². The van der Waals surface area contributed by atoms with Gasteiger partial charge >= 0.3 is 0 Å². The molecule has 0 radical (unpaired) electrons. The van der Waals surface area contributed by atoms with Crippen LogP contribution in [-0.2, 0) is 0 Å². The number of rotatable bonds is 4. The molecule has 0 fully saturated rings. The van der Waals surface area contributed by atoms with Crippen molar-refractivity contribution in [2.45, 2.75) is 6.92 Å². The number of nitrogens with one attached hydrogen (secondary N) is 2. The zero-order valence-corrected chi connectivity index (χ0v) is 13.0. The summed E-state index contributed by atoms with van der Waals surface area (Å²) < 4.78 is 12.8. The number of aromatic amines is 1. The third kappa shape index (κ3) is 3.73. The second-order valence-corrected chi connectivity index (χ2v) is 5.28. The molecule has 1 amide bonds. The van der Waals surface area contributed by atoms with Crippen molar-refractivity contribution in [2.24, 2.45) is 5.10 Å². The summed E-state index contributed by atoms with van der Waals surface area (Å²) in [6, 6.07) is 15.3. The molecule has 1 heterocycles. The molecule has 0 saturated carbocycles. The minimum Gasteiger partial charge on any atom is -0.272 e. The highest BCUT2D eigenvalue weighted by atomic mass is 19.1. The SMILES string of the molecule is Cc1ccc(-c2cc(C(=O)N/N=C\c3ccc(F)cc3)[nH]n2)cc1. The molecule has 2 aromatic carbocycles. The molecule has 24 heavy (non-hydrogen) atoms. The first-order chi connectivity index (χ1) is 11.6. The van der Waals surface area contributed by atoms with Crippen molar-refractivity contribution in [3.8, 4) is 11.3 Å². The van der Waals surface area contributed by atoms with Crippen LogP contribution < -0.4 is 5.43 Å². The summed E-state index contributed by atoms with van der Waals surface area (Å²) in [5.41, 5.74) is 6.15. The van der Waals surface area contributed by atoms with E-state index in [2.05, 4.69) is 20.7 Å². The Morgan fingerprint density at radius 2 is 1.88 bits per heavy atom. The fraction of sp³-hybridized carbons (Fsp3) is 0.0556. The van der Waals surface area contributed by atoms with Crippen molar-refractivity contribution >= 4 is 12.1 Å². The molecule has 0 aliphatic carbocycles. The molecule has 0 bridgehead atoms. The van der Waals surface area contributed by atoms with Gasteiger partial charge in [-0.1, -0.05) is 42.0 Å². The van der Waals surface area contributed by atoms with Gasteiger partial charge in [-0.15, -0.1) is 0 Å². The number of halogens is 1. The third-order valence-electron chi connectivity index (χ3n) is 3.42. The van der Waals surface area contributed by atoms with E-state index in [-0.39, 0.29) is 5.82 Å². The number of hydrogen-bond acceptors (Lipinski definition) is 3. The number of aryl methyl sites for hydroxylation is 1. The van der Waals surface area contributed by atoms with Gasteiger partial charge in [0.2, 0.25) is 0 Å². The van der Waals surface area contributed by atoms with Crippen LogP contribution >= 0.6 is 0 Å². The average molecular weight is 322 g/mol. The third-order valence-corrected chi connectivity index (χ3v) is 3.42. The van der Waals surface area contributed by atoms with Crippen LogP contribution in [0.5, 0.6) is 0 Å². The number of benzene rings is 2. The van der Waals surface area contributed by atoms with Crippen LogP contribution in [0.3, 0.4) is 0 Å². The molecule has 0 aliphatic rings. The maximum absolute atomic E-state index is 12.8. The van der Waals surface area contributed by atoms with Gasteiger partial charge in [0.25, 0.3) is 5.91 Å². The molecule has 2 N–H and O–H groups in total. The predicted octanol–water partition coefficient (Wildman–Crippen LogP) is 3.29. The summed E-state index contributed by atoms with van der Waals surface area (Å²) in [5, 5.41) is 10.7. The van der Waals surface area contributed by atoms with Gasteiger partial charge in [-0.05, 0) is 30.7 Å². The number of hydrazone groups is 1. The van der Waals surface area contributed by atoms with E-state index >= 15 is 0 Å². The smallest absolute Gasteiger partial charge is 0.272 e. The molecule has 0 unspecified atom stereocenters. The van der Waals surface area contributed by atoms with Crippen molar-refractivity contribution in [1.29, 1.82) is 0 Å². The Bertz CT molecular complexity index is 867. The van der Waals surface area contributed by atoms with Crippen molar-refractivity contribution < 1.29 is 9.18 Å². The summed E-state index contributed by atoms with van der Waals surface area (Å²) in [6.45, 7) is 2.01. The van der Waals surface area contributed by atoms with Crippen molar-refractivity contribution in [1.82, 2.24) is 15.6 Å². The normalized spacial score (nSPS) is 10.9. The average Bonchev–Trinajstić information content (AvgIpc) is 3.07. The number of aromatic nitrogens is 2. The van der Waals surface area contributed by atoms with Gasteiger partial charge in [0.05, 0.1) is 11.9 Å². The minimum atomic E-state index is -0.403. The Hall–Kier alpha value is -3.28. The maximum Gasteiger partial charge on any atom is 0.289 e. The first kappa shape index (κ1) is 15.6. The fourth-order valence-corrected chi connectivity index (χ4v) is 2.08. The lowest BCUT2D eigenvalue weighted by Crippen LogP contribution is -2.17. The number of H-pyrrole nitrogens is 1. The van der Waals surface area contributed by atoms with Crippen LogP contribution in [0.4, 0.5) is 4.39 Å². The van der Waals surface area contributed by atoms with E-state index in [1.54, 1.807) is 18.2 Å². The Morgan fingerprint density at radius 1 is 1.17 bits per heavy atom. The molecule has 3 aromatic rings. The minimum absolute atomic E-state index is 0.307. The van der Waals surface area contributed by atoms with Crippen LogP contribution in [0, 0.1) is 12.7 Å². The van der Waals surface area contributed by atoms with Gasteiger partial charge < -0.3 is 0 Å². The number of carbonyl (C=O) groups is 1. The lowest BCUT2D eigenvalue weighted by molar-refractivity contribution is 0.0950. The second-order valence-electron chi connectivity index (χ2n) is 5.28. The molecule has 0 spiro atoms. The molecule has 3 rings (SSSR count). The first-order valence-corrected chi connectivity index (χ1v) is 7.33. The first-order valence-electron chi connectivity index (χ1n) is 7.33. The van der Waals surface area contributed by atoms with E-state index in [0.29, 0.717) is 17.0 Å². The highest BCUT2D eigenvalue weighted by molar-refractivity contribution is 5.94. The number of amides is 1. The van der Waals surface area contributed by atoms with Gasteiger partial charge in [0.1, 0.15) is 11.5 Å². The monoisotopic (exact) mass is 322 g/mol. The van der Waals surface area contributed by atoms with Crippen molar-refractivity contribution in [2.75, 3.05) is 0 Å². The highest BCUT2D eigenvalue weighted by Crippen LogP contribution is 2.18. The zero-order valence-electron chi connectivity index (χ0n) is 13.0. The molecule has 6 heteroatoms. The number of hydrogen-bond donors (Lipinski definition) is 2. The maximum atomic E-state index is 12.8. The number of nitrogens with zero attached hydrogens (tertiary/aromatic N) is 2. The lowest BCUT2D eigenvalue weighted by atomic mass is 10.1. The summed E-state index contributed by atoms with van der Waals surface area (Å²) in [6.07, 6.45) is 1.44. The topological polar surface area (TPSA) is 70.1 Å². The molecule has 0 atom stereocenters. The summed E-state index contributed by atoms with van der Waals surface area (Å²) >= 11 is 0. The summed E-state index contributed by atoms with van der Waals surface area (Å²) in [4.78, 5) is 12.0. The molecule has 0 saturated heterocycles. The lowest BCUT2D eigenvalue weighted by Gasteiger charge is -1.97. The fourth-order valence-electron chi connectivity index (χ4n) is 2.08. The number of carbonyl (C=O) groups excluding carboxylic acids is 1. The van der Waals surface area contributed by atoms with Crippen LogP contribution in [0.15, 0.2) is 59.7 Å². The molecule has 1 aromatic heterocycles. The molecule has 0 aliphatic heterocycles. The largest absolute Gasteiger partial charge is 0.289 e. The van der Waals surface area contributed by atoms with Crippen LogP contribution in [0.25, 0.3) is 11.3 Å². The van der Waals surface area contributed by atoms with Gasteiger partial charge in [-0.3, -0.25) is 9.89 Å². The van der Waals surface area contributed by atoms with Gasteiger partial charge in [0.15, 0.2) is 0 Å². The van der Waals surface area contributed by atoms with Crippen molar-refractivity contribution in [3.05, 3.63) is 77.2 Å². The Balaban J connectivity index is 1.65. The molecule has 5 nitrogen and oxygen atoms in total. The predicted molar refractivity (Wildman–Crippen MR) is 90.2 cm³/mol. The Kier molecular flexibility index (Phi) is 4.47. The van der Waals surface area contributed by atoms with E-state index in [4.69, 9.17) is 0 Å². The summed E-state index contributed by atoms with van der Waals surface area (Å²) in [7, 11) is 0. The van der Waals surface area contributed by atoms with Crippen LogP contribution in [-0.4, -0.2) is 22.3 Å². The highest BCUT2D eigenvalue weighted by Gasteiger charge is 2.10. The van der Waals surface area contributed by atoms with Crippen LogP contribution in [0.1, 0.15) is 21.6 Å².